The van der Waals surface area contributed by atoms with Crippen LogP contribution in [0, 0.1) is 0 Å². The summed E-state index contributed by atoms with van der Waals surface area (Å²) in [5.41, 5.74) is 0. The highest BCUT2D eigenvalue weighted by Crippen LogP contribution is 2.39. The van der Waals surface area contributed by atoms with Crippen molar-refractivity contribution < 1.29 is 18.7 Å². The predicted molar refractivity (Wildman–Crippen MR) is 70.8 cm³/mol. The molecule has 104 valence electrons. The van der Waals surface area contributed by atoms with Gasteiger partial charge in [-0.1, -0.05) is 27.7 Å². The van der Waals surface area contributed by atoms with Crippen LogP contribution in [0.5, 0.6) is 0 Å². The highest BCUT2D eigenvalue weighted by atomic mass is 32.3. The molecule has 0 saturated carbocycles. The second-order valence-electron chi connectivity index (χ2n) is 2.93. The number of carbonyl (C=O) groups is 2. The molecule has 1 saturated heterocycles. The van der Waals surface area contributed by atoms with E-state index in [2.05, 4.69) is 0 Å². The van der Waals surface area contributed by atoms with Crippen LogP contribution in [0.3, 0.4) is 0 Å². The lowest BCUT2D eigenvalue weighted by molar-refractivity contribution is -0.151. The first-order chi connectivity index (χ1) is 7.84. The summed E-state index contributed by atoms with van der Waals surface area (Å²) < 4.78 is 19.2. The van der Waals surface area contributed by atoms with Crippen LogP contribution in [0.25, 0.3) is 0 Å². The molecule has 17 heavy (non-hydrogen) atoms. The molecule has 0 aromatic heterocycles. The van der Waals surface area contributed by atoms with Gasteiger partial charge in [-0.25, -0.2) is 4.31 Å². The Morgan fingerprint density at radius 1 is 1.00 bits per heavy atom. The van der Waals surface area contributed by atoms with Crippen molar-refractivity contribution in [2.24, 2.45) is 0 Å². The van der Waals surface area contributed by atoms with Crippen molar-refractivity contribution in [1.29, 1.82) is 0 Å². The molecule has 0 unspecified atom stereocenters. The number of carbonyl (C=O) groups excluding carboxylic acids is 2. The normalized spacial score (nSPS) is 16.7. The van der Waals surface area contributed by atoms with Gasteiger partial charge in [0.15, 0.2) is 0 Å². The summed E-state index contributed by atoms with van der Waals surface area (Å²) in [4.78, 5) is 23.6. The SMILES string of the molecule is CC.CC.CN1CCN(S(C)(O)O)C(=O)C1=O. The fourth-order valence-corrected chi connectivity index (χ4v) is 1.86. The van der Waals surface area contributed by atoms with Crippen molar-refractivity contribution in [1.82, 2.24) is 9.21 Å². The maximum atomic E-state index is 11.2. The first-order valence-electron chi connectivity index (χ1n) is 5.64. The first kappa shape index (κ1) is 18.6. The van der Waals surface area contributed by atoms with Gasteiger partial charge in [0.05, 0.1) is 6.54 Å². The van der Waals surface area contributed by atoms with Gasteiger partial charge >= 0.3 is 11.8 Å². The van der Waals surface area contributed by atoms with Crippen LogP contribution in [0.4, 0.5) is 0 Å². The van der Waals surface area contributed by atoms with E-state index in [-0.39, 0.29) is 6.54 Å². The molecule has 0 aliphatic carbocycles. The van der Waals surface area contributed by atoms with Crippen molar-refractivity contribution in [3.05, 3.63) is 0 Å². The number of nitrogens with zero attached hydrogens (tertiary/aromatic N) is 2. The van der Waals surface area contributed by atoms with Crippen LogP contribution < -0.4 is 0 Å². The zero-order valence-electron chi connectivity index (χ0n) is 11.4. The van der Waals surface area contributed by atoms with E-state index in [4.69, 9.17) is 0 Å². The summed E-state index contributed by atoms with van der Waals surface area (Å²) in [6, 6.07) is 0. The molecule has 1 fully saturated rings. The summed E-state index contributed by atoms with van der Waals surface area (Å²) >= 11 is 0. The largest absolute Gasteiger partial charge is 0.336 e. The Morgan fingerprint density at radius 3 is 1.76 bits per heavy atom. The van der Waals surface area contributed by atoms with Crippen LogP contribution in [0.1, 0.15) is 27.7 Å². The Labute approximate surface area is 105 Å². The van der Waals surface area contributed by atoms with Gasteiger partial charge in [-0.2, -0.15) is 0 Å². The maximum absolute atomic E-state index is 11.2. The van der Waals surface area contributed by atoms with Gasteiger partial charge < -0.3 is 4.90 Å². The number of hydrogen-bond acceptors (Lipinski definition) is 4. The average molecular weight is 268 g/mol. The summed E-state index contributed by atoms with van der Waals surface area (Å²) in [6.07, 6.45) is 1.13. The highest BCUT2D eigenvalue weighted by molar-refractivity contribution is 8.22. The van der Waals surface area contributed by atoms with Crippen LogP contribution in [0.2, 0.25) is 0 Å². The van der Waals surface area contributed by atoms with E-state index in [1.54, 1.807) is 0 Å². The minimum absolute atomic E-state index is 0.167. The minimum Gasteiger partial charge on any atom is -0.336 e. The molecule has 1 heterocycles. The van der Waals surface area contributed by atoms with E-state index in [1.165, 1.54) is 11.9 Å². The zero-order chi connectivity index (χ0) is 14.2. The second-order valence-corrected chi connectivity index (χ2v) is 4.95. The number of amides is 2. The van der Waals surface area contributed by atoms with E-state index in [0.717, 1.165) is 10.6 Å². The average Bonchev–Trinajstić information content (AvgIpc) is 2.30. The third kappa shape index (κ3) is 5.38. The molecule has 1 aliphatic heterocycles. The zero-order valence-corrected chi connectivity index (χ0v) is 12.2. The lowest BCUT2D eigenvalue weighted by Gasteiger charge is -2.42. The van der Waals surface area contributed by atoms with Crippen molar-refractivity contribution in [2.75, 3.05) is 26.4 Å². The Hall–Kier alpha value is -0.790. The molecule has 1 rings (SSSR count). The summed E-state index contributed by atoms with van der Waals surface area (Å²) in [6.45, 7) is 8.49. The summed E-state index contributed by atoms with van der Waals surface area (Å²) in [7, 11) is -1.60. The Morgan fingerprint density at radius 2 is 1.41 bits per heavy atom. The molecular formula is C10H24N2O4S. The third-order valence-corrected chi connectivity index (χ3v) is 3.00. The third-order valence-electron chi connectivity index (χ3n) is 1.81. The number of piperazine rings is 1. The lowest BCUT2D eigenvalue weighted by atomic mass is 10.4. The number of likely N-dealkylation sites (N-methyl/N-ethyl adjacent to an activating group) is 1. The molecule has 2 amide bonds. The van der Waals surface area contributed by atoms with Gasteiger partial charge in [0.25, 0.3) is 0 Å². The molecule has 7 heteroatoms. The Balaban J connectivity index is 0. The van der Waals surface area contributed by atoms with Crippen molar-refractivity contribution >= 4 is 22.6 Å². The molecular weight excluding hydrogens is 244 g/mol. The second kappa shape index (κ2) is 8.32. The number of hydrogen-bond donors (Lipinski definition) is 2. The summed E-state index contributed by atoms with van der Waals surface area (Å²) in [5.74, 6) is -1.55. The van der Waals surface area contributed by atoms with Gasteiger partial charge in [-0.3, -0.25) is 18.7 Å². The molecule has 2 N–H and O–H groups in total. The van der Waals surface area contributed by atoms with E-state index in [9.17, 15) is 18.7 Å². The molecule has 0 radical (unpaired) electrons. The summed E-state index contributed by atoms with van der Waals surface area (Å²) in [5, 5.41) is 0. The van der Waals surface area contributed by atoms with Crippen molar-refractivity contribution in [3.8, 4) is 0 Å². The first-order valence-corrected chi connectivity index (χ1v) is 7.55. The van der Waals surface area contributed by atoms with Gasteiger partial charge in [0.1, 0.15) is 0 Å². The molecule has 0 spiro atoms. The minimum atomic E-state index is -3.10. The Bertz CT molecular complexity index is 253. The van der Waals surface area contributed by atoms with Gasteiger partial charge in [-0.05, 0) is 0 Å². The van der Waals surface area contributed by atoms with Gasteiger partial charge in [-0.15, -0.1) is 10.8 Å². The molecule has 1 aliphatic rings. The molecule has 0 aromatic carbocycles. The van der Waals surface area contributed by atoms with Gasteiger partial charge in [0.2, 0.25) is 0 Å². The van der Waals surface area contributed by atoms with E-state index >= 15 is 0 Å². The quantitative estimate of drug-likeness (QED) is 0.708. The van der Waals surface area contributed by atoms with Crippen LogP contribution in [-0.2, 0) is 9.59 Å². The topological polar surface area (TPSA) is 81.1 Å². The lowest BCUT2D eigenvalue weighted by Crippen LogP contribution is -2.53. The van der Waals surface area contributed by atoms with Crippen LogP contribution in [-0.4, -0.2) is 56.5 Å². The van der Waals surface area contributed by atoms with Crippen LogP contribution in [0.15, 0.2) is 0 Å². The standard InChI is InChI=1S/C6H12N2O4S.2C2H6/c1-7-3-4-8(13(2,11)12)6(10)5(7)9;2*1-2/h11-12H,3-4H2,1-2H3;2*1-2H3. The van der Waals surface area contributed by atoms with E-state index in [0.29, 0.717) is 6.54 Å². The molecule has 0 atom stereocenters. The fraction of sp³-hybridized carbons (Fsp3) is 0.800. The van der Waals surface area contributed by atoms with Crippen molar-refractivity contribution in [3.63, 3.8) is 0 Å². The monoisotopic (exact) mass is 268 g/mol. The molecule has 0 aromatic rings. The smallest absolute Gasteiger partial charge is 0.330 e. The maximum Gasteiger partial charge on any atom is 0.330 e. The van der Waals surface area contributed by atoms with Crippen LogP contribution >= 0.6 is 10.8 Å². The number of rotatable bonds is 1. The van der Waals surface area contributed by atoms with E-state index in [1.807, 2.05) is 27.7 Å². The molecule has 0 bridgehead atoms. The fourth-order valence-electron chi connectivity index (χ4n) is 1.04. The van der Waals surface area contributed by atoms with Gasteiger partial charge in [0, 0.05) is 19.8 Å². The predicted octanol–water partition coefficient (Wildman–Crippen LogP) is 1.63. The Kier molecular flexibility index (Phi) is 9.09. The molecule has 6 nitrogen and oxygen atoms in total. The van der Waals surface area contributed by atoms with Crippen molar-refractivity contribution in [2.45, 2.75) is 27.7 Å². The van der Waals surface area contributed by atoms with E-state index < -0.39 is 22.6 Å². The highest BCUT2D eigenvalue weighted by Gasteiger charge is 2.35.